The Balaban J connectivity index is 1.30. The first kappa shape index (κ1) is 48.9. The van der Waals surface area contributed by atoms with Gasteiger partial charge in [-0.15, -0.1) is 0 Å². The van der Waals surface area contributed by atoms with Gasteiger partial charge in [0.1, 0.15) is 0 Å². The Bertz CT molecular complexity index is 3760. The van der Waals surface area contributed by atoms with Crippen LogP contribution in [0.25, 0.3) is 88.4 Å². The molecular weight excluding hydrogens is 1000 g/mol. The van der Waals surface area contributed by atoms with Crippen LogP contribution in [0.2, 0.25) is 0 Å². The summed E-state index contributed by atoms with van der Waals surface area (Å²) in [5, 5.41) is 22.6. The van der Waals surface area contributed by atoms with Crippen molar-refractivity contribution >= 4 is 43.6 Å². The van der Waals surface area contributed by atoms with Crippen LogP contribution in [0.4, 0.5) is 65.9 Å². The van der Waals surface area contributed by atoms with Crippen molar-refractivity contribution in [3.05, 3.63) is 191 Å². The second-order valence-corrected chi connectivity index (χ2v) is 17.1. The Morgan fingerprint density at radius 1 is 0.324 bits per heavy atom. The lowest BCUT2D eigenvalue weighted by Crippen LogP contribution is -2.11. The number of halogens is 15. The zero-order valence-corrected chi connectivity index (χ0v) is 36.9. The van der Waals surface area contributed by atoms with Gasteiger partial charge in [0.15, 0.2) is 0 Å². The summed E-state index contributed by atoms with van der Waals surface area (Å²) in [4.78, 5) is 0. The normalized spacial score (nSPS) is 12.8. The highest BCUT2D eigenvalue weighted by Gasteiger charge is 2.39. The van der Waals surface area contributed by atoms with E-state index in [0.717, 1.165) is 12.1 Å². The molecule has 0 saturated carbocycles. The quantitative estimate of drug-likeness (QED) is 0.161. The van der Waals surface area contributed by atoms with Crippen molar-refractivity contribution in [2.24, 2.45) is 0 Å². The predicted octanol–water partition coefficient (Wildman–Crippen LogP) is 17.7. The van der Waals surface area contributed by atoms with E-state index in [1.54, 1.807) is 57.7 Å². The summed E-state index contributed by atoms with van der Waals surface area (Å²) in [5.74, 6) is 0. The maximum Gasteiger partial charge on any atom is 0.416 e. The van der Waals surface area contributed by atoms with Gasteiger partial charge < -0.3 is 9.13 Å². The van der Waals surface area contributed by atoms with E-state index >= 15 is 0 Å². The third-order valence-corrected chi connectivity index (χ3v) is 12.6. The van der Waals surface area contributed by atoms with Crippen molar-refractivity contribution in [3.8, 4) is 56.9 Å². The van der Waals surface area contributed by atoms with Crippen LogP contribution in [0.15, 0.2) is 152 Å². The fourth-order valence-electron chi connectivity index (χ4n) is 9.40. The summed E-state index contributed by atoms with van der Waals surface area (Å²) in [6.45, 7) is 0. The van der Waals surface area contributed by atoms with Crippen LogP contribution in [-0.4, -0.2) is 9.13 Å². The number of aromatic nitrogens is 2. The number of alkyl halides is 15. The van der Waals surface area contributed by atoms with Gasteiger partial charge in [0, 0.05) is 32.7 Å². The van der Waals surface area contributed by atoms with E-state index in [2.05, 4.69) is 6.07 Å². The topological polar surface area (TPSA) is 57.4 Å². The third-order valence-electron chi connectivity index (χ3n) is 12.6. The fourth-order valence-corrected chi connectivity index (χ4v) is 9.40. The highest BCUT2D eigenvalue weighted by Crippen LogP contribution is 2.47. The minimum absolute atomic E-state index is 0.00753. The first-order valence-electron chi connectivity index (χ1n) is 21.6. The van der Waals surface area contributed by atoms with Crippen LogP contribution in [0.5, 0.6) is 0 Å². The molecular formula is C55H25F15N4. The number of para-hydroxylation sites is 2. The van der Waals surface area contributed by atoms with Crippen LogP contribution in [0.1, 0.15) is 38.9 Å². The van der Waals surface area contributed by atoms with Gasteiger partial charge in [-0.25, -0.2) is 0 Å². The molecule has 0 aliphatic rings. The molecule has 10 aromatic rings. The lowest BCUT2D eigenvalue weighted by molar-refractivity contribution is -0.144. The van der Waals surface area contributed by atoms with Gasteiger partial charge in [0.2, 0.25) is 0 Å². The largest absolute Gasteiger partial charge is 0.416 e. The van der Waals surface area contributed by atoms with E-state index in [1.165, 1.54) is 48.5 Å². The number of nitriles is 2. The number of benzene rings is 8. The molecule has 0 amide bonds. The second kappa shape index (κ2) is 16.9. The summed E-state index contributed by atoms with van der Waals surface area (Å²) < 4.78 is 214. The molecule has 2 aromatic heterocycles. The molecule has 0 aliphatic heterocycles. The Morgan fingerprint density at radius 2 is 0.703 bits per heavy atom. The van der Waals surface area contributed by atoms with Gasteiger partial charge in [0.25, 0.3) is 0 Å². The molecule has 4 nitrogen and oxygen atoms in total. The highest BCUT2D eigenvalue weighted by molar-refractivity contribution is 6.13. The molecule has 0 saturated heterocycles. The molecule has 19 heteroatoms. The van der Waals surface area contributed by atoms with E-state index in [4.69, 9.17) is 0 Å². The summed E-state index contributed by atoms with van der Waals surface area (Å²) in [5.41, 5.74) is -7.97. The minimum Gasteiger partial charge on any atom is -0.308 e. The van der Waals surface area contributed by atoms with Gasteiger partial charge in [-0.05, 0) is 119 Å². The molecule has 2 heterocycles. The van der Waals surface area contributed by atoms with Crippen molar-refractivity contribution in [1.82, 2.24) is 9.13 Å². The Hall–Kier alpha value is -8.71. The zero-order valence-electron chi connectivity index (χ0n) is 36.9. The smallest absolute Gasteiger partial charge is 0.308 e. The number of hydrogen-bond donors (Lipinski definition) is 0. The Morgan fingerprint density at radius 3 is 1.07 bits per heavy atom. The molecule has 0 N–H and O–H groups in total. The zero-order chi connectivity index (χ0) is 53.0. The van der Waals surface area contributed by atoms with Crippen molar-refractivity contribution in [3.63, 3.8) is 0 Å². The first-order chi connectivity index (χ1) is 34.7. The lowest BCUT2D eigenvalue weighted by atomic mass is 9.93. The van der Waals surface area contributed by atoms with Crippen LogP contribution >= 0.6 is 0 Å². The molecule has 0 radical (unpaired) electrons. The van der Waals surface area contributed by atoms with Gasteiger partial charge in [-0.2, -0.15) is 76.4 Å². The van der Waals surface area contributed by atoms with Crippen molar-refractivity contribution in [1.29, 1.82) is 10.5 Å². The molecule has 0 aliphatic carbocycles. The molecule has 74 heavy (non-hydrogen) atoms. The van der Waals surface area contributed by atoms with E-state index in [-0.39, 0.29) is 73.1 Å². The summed E-state index contributed by atoms with van der Waals surface area (Å²) in [6, 6.07) is 32.2. The van der Waals surface area contributed by atoms with E-state index in [1.807, 2.05) is 6.07 Å². The molecule has 0 unspecified atom stereocenters. The average molecular weight is 1030 g/mol. The number of hydrogen-bond acceptors (Lipinski definition) is 2. The number of nitrogens with zero attached hydrogens (tertiary/aromatic N) is 4. The SMILES string of the molecule is N#Cc1cc(-n2c3ccccc3c3cc(-c4cc(C(F)(F)F)cc(C(F)(F)F)c4)ccc32)c(-c2ccc(C(F)(F)F)cc2C#N)c(-n2c3ccccc3c3cc(-c4cc(C(F)(F)F)cc(C(F)(F)F)c4)ccc32)c1. The molecule has 370 valence electrons. The van der Waals surface area contributed by atoms with Crippen molar-refractivity contribution in [2.45, 2.75) is 30.9 Å². The van der Waals surface area contributed by atoms with Gasteiger partial charge >= 0.3 is 30.9 Å². The standard InChI is InChI=1S/C55H25F15N4/c56-51(57,58)34-11-12-39(33(21-34)27-72)50-48(73-44-7-3-1-5-40(44)42-22-29(9-13-46(42)73)31-17-35(52(59,60)61)24-36(18-31)53(62,63)64)15-28(26-71)16-49(50)74-45-8-4-2-6-41(45)43-23-30(10-14-47(43)74)32-19-37(54(65,66)67)25-38(20-32)55(68,69)70/h1-25H. The summed E-state index contributed by atoms with van der Waals surface area (Å²) >= 11 is 0. The molecule has 10 rings (SSSR count). The highest BCUT2D eigenvalue weighted by atomic mass is 19.4. The monoisotopic (exact) mass is 1030 g/mol. The van der Waals surface area contributed by atoms with Gasteiger partial charge in [-0.3, -0.25) is 0 Å². The number of rotatable bonds is 5. The van der Waals surface area contributed by atoms with Gasteiger partial charge in [-0.1, -0.05) is 54.6 Å². The van der Waals surface area contributed by atoms with Crippen LogP contribution in [0.3, 0.4) is 0 Å². The second-order valence-electron chi connectivity index (χ2n) is 17.1. The third kappa shape index (κ3) is 8.47. The van der Waals surface area contributed by atoms with Crippen molar-refractivity contribution in [2.75, 3.05) is 0 Å². The lowest BCUT2D eigenvalue weighted by Gasteiger charge is -2.22. The first-order valence-corrected chi connectivity index (χ1v) is 21.6. The fraction of sp³-hybridized carbons (Fsp3) is 0.0909. The molecule has 0 fully saturated rings. The minimum atomic E-state index is -5.17. The maximum atomic E-state index is 14.3. The molecule has 8 aromatic carbocycles. The maximum absolute atomic E-state index is 14.3. The van der Waals surface area contributed by atoms with Crippen LogP contribution in [0, 0.1) is 22.7 Å². The summed E-state index contributed by atoms with van der Waals surface area (Å²) in [6.07, 6.45) is -25.6. The van der Waals surface area contributed by atoms with Crippen LogP contribution in [-0.2, 0) is 30.9 Å². The van der Waals surface area contributed by atoms with Crippen LogP contribution < -0.4 is 0 Å². The molecule has 0 spiro atoms. The molecule has 0 bridgehead atoms. The Labute approximate surface area is 406 Å². The van der Waals surface area contributed by atoms with E-state index < -0.39 is 75.4 Å². The summed E-state index contributed by atoms with van der Waals surface area (Å²) in [7, 11) is 0. The van der Waals surface area contributed by atoms with Crippen molar-refractivity contribution < 1.29 is 65.9 Å². The van der Waals surface area contributed by atoms with E-state index in [0.29, 0.717) is 52.1 Å². The molecule has 0 atom stereocenters. The number of fused-ring (bicyclic) bond motifs is 6. The van der Waals surface area contributed by atoms with Gasteiger partial charge in [0.05, 0.1) is 84.5 Å². The van der Waals surface area contributed by atoms with E-state index in [9.17, 15) is 76.4 Å². The predicted molar refractivity (Wildman–Crippen MR) is 246 cm³/mol. The Kier molecular flexibility index (Phi) is 11.2. The average Bonchev–Trinajstić information content (AvgIpc) is 3.86.